The molecule has 0 aromatic heterocycles. The van der Waals surface area contributed by atoms with Crippen molar-refractivity contribution in [3.63, 3.8) is 0 Å². The predicted octanol–water partition coefficient (Wildman–Crippen LogP) is 0.621. The zero-order chi connectivity index (χ0) is 12.7. The summed E-state index contributed by atoms with van der Waals surface area (Å²) in [7, 11) is 0. The van der Waals surface area contributed by atoms with E-state index in [-0.39, 0.29) is 23.0 Å². The Kier molecular flexibility index (Phi) is 2.72. The molecule has 0 aliphatic carbocycles. The molecule has 1 aromatic rings. The van der Waals surface area contributed by atoms with E-state index >= 15 is 0 Å². The molecule has 0 bridgehead atoms. The summed E-state index contributed by atoms with van der Waals surface area (Å²) < 4.78 is -0.278. The van der Waals surface area contributed by atoms with Gasteiger partial charge in [0.2, 0.25) is 0 Å². The Labute approximate surface area is 101 Å². The van der Waals surface area contributed by atoms with E-state index in [1.54, 1.807) is 0 Å². The summed E-state index contributed by atoms with van der Waals surface area (Å²) in [5, 5.41) is 20.6. The average molecular weight is 235 g/mol. The fourth-order valence-electron chi connectivity index (χ4n) is 2.89. The highest BCUT2D eigenvalue weighted by atomic mass is 16.4. The Morgan fingerprint density at radius 2 is 2.12 bits per heavy atom. The molecule has 0 spiro atoms. The number of aliphatic hydroxyl groups excluding tert-OH is 1. The molecule has 4 nitrogen and oxygen atoms in total. The van der Waals surface area contributed by atoms with Crippen LogP contribution in [0, 0.1) is 0 Å². The molecule has 1 atom stereocenters. The largest absolute Gasteiger partial charge is 0.498 e. The standard InChI is InChI=1S/C13H17NO3/c1-13(2)9-14(7-8-15,12(16)17)11-6-4-3-5-10(11)13/h3-6,15H,7-9H2,1-2H3. The molecule has 1 aliphatic heterocycles. The van der Waals surface area contributed by atoms with E-state index < -0.39 is 6.09 Å². The lowest BCUT2D eigenvalue weighted by molar-refractivity contribution is -0.264. The van der Waals surface area contributed by atoms with Gasteiger partial charge in [-0.2, -0.15) is 0 Å². The fourth-order valence-corrected chi connectivity index (χ4v) is 2.89. The number of para-hydroxylation sites is 1. The van der Waals surface area contributed by atoms with Gasteiger partial charge < -0.3 is 15.0 Å². The second kappa shape index (κ2) is 3.82. The molecule has 0 fully saturated rings. The molecule has 0 saturated heterocycles. The summed E-state index contributed by atoms with van der Waals surface area (Å²) >= 11 is 0. The number of benzene rings is 1. The van der Waals surface area contributed by atoms with Gasteiger partial charge in [-0.3, -0.25) is 0 Å². The summed E-state index contributed by atoms with van der Waals surface area (Å²) in [6, 6.07) is 7.51. The number of rotatable bonds is 2. The zero-order valence-electron chi connectivity index (χ0n) is 10.1. The normalized spacial score (nSPS) is 25.6. The molecule has 1 unspecified atom stereocenters. The lowest BCUT2D eigenvalue weighted by atomic mass is 9.87. The summed E-state index contributed by atoms with van der Waals surface area (Å²) in [5.74, 6) is 0. The van der Waals surface area contributed by atoms with Crippen molar-refractivity contribution in [1.82, 2.24) is 4.48 Å². The molecule has 1 amide bonds. The molecule has 1 aromatic carbocycles. The van der Waals surface area contributed by atoms with Gasteiger partial charge in [-0.25, -0.2) is 4.48 Å². The van der Waals surface area contributed by atoms with Crippen LogP contribution >= 0.6 is 0 Å². The number of quaternary nitrogens is 1. The Morgan fingerprint density at radius 3 is 2.71 bits per heavy atom. The van der Waals surface area contributed by atoms with Crippen molar-refractivity contribution >= 4 is 11.8 Å². The summed E-state index contributed by atoms with van der Waals surface area (Å²) in [6.07, 6.45) is -1.14. The number of amides is 1. The second-order valence-corrected chi connectivity index (χ2v) is 5.24. The number of nitrogens with zero attached hydrogens (tertiary/aromatic N) is 1. The second-order valence-electron chi connectivity index (χ2n) is 5.24. The topological polar surface area (TPSA) is 60.4 Å². The third kappa shape index (κ3) is 1.64. The molecule has 1 aliphatic rings. The lowest BCUT2D eigenvalue weighted by Gasteiger charge is -2.34. The monoisotopic (exact) mass is 235 g/mol. The number of hydrogen-bond acceptors (Lipinski definition) is 3. The molecule has 0 radical (unpaired) electrons. The third-order valence-electron chi connectivity index (χ3n) is 3.59. The van der Waals surface area contributed by atoms with Gasteiger partial charge in [-0.05, 0) is 6.07 Å². The molecule has 1 N–H and O–H groups in total. The van der Waals surface area contributed by atoms with Crippen molar-refractivity contribution in [2.24, 2.45) is 0 Å². The van der Waals surface area contributed by atoms with E-state index in [4.69, 9.17) is 5.11 Å². The molecule has 17 heavy (non-hydrogen) atoms. The smallest absolute Gasteiger partial charge is 0.262 e. The van der Waals surface area contributed by atoms with Crippen molar-refractivity contribution in [2.45, 2.75) is 19.3 Å². The van der Waals surface area contributed by atoms with Crippen LogP contribution in [0.1, 0.15) is 19.4 Å². The summed E-state index contributed by atoms with van der Waals surface area (Å²) in [6.45, 7) is 4.45. The highest BCUT2D eigenvalue weighted by molar-refractivity contribution is 5.83. The quantitative estimate of drug-likeness (QED) is 0.764. The number of hydrogen-bond donors (Lipinski definition) is 1. The Hall–Kier alpha value is -1.39. The van der Waals surface area contributed by atoms with E-state index in [2.05, 4.69) is 0 Å². The van der Waals surface area contributed by atoms with Gasteiger partial charge in [0, 0.05) is 11.0 Å². The maximum Gasteiger partial charge on any atom is 0.262 e. The van der Waals surface area contributed by atoms with E-state index in [1.165, 1.54) is 0 Å². The summed E-state index contributed by atoms with van der Waals surface area (Å²) in [5.41, 5.74) is 1.55. The van der Waals surface area contributed by atoms with Gasteiger partial charge in [0.1, 0.15) is 12.2 Å². The van der Waals surface area contributed by atoms with E-state index in [0.717, 1.165) is 11.3 Å². The van der Waals surface area contributed by atoms with Crippen molar-refractivity contribution in [3.05, 3.63) is 29.8 Å². The van der Waals surface area contributed by atoms with Crippen molar-refractivity contribution in [3.8, 4) is 0 Å². The molecular formula is C13H17NO3. The van der Waals surface area contributed by atoms with Crippen LogP contribution in [0.5, 0.6) is 0 Å². The SMILES string of the molecule is CC1(C)C[N+](CCO)(C(=O)[O-])c2ccccc21. The first kappa shape index (κ1) is 12.1. The third-order valence-corrected chi connectivity index (χ3v) is 3.59. The van der Waals surface area contributed by atoms with Crippen LogP contribution < -0.4 is 9.59 Å². The van der Waals surface area contributed by atoms with Crippen molar-refractivity contribution < 1.29 is 15.0 Å². The minimum absolute atomic E-state index is 0.156. The molecular weight excluding hydrogens is 218 g/mol. The molecule has 1 heterocycles. The number of aliphatic hydroxyl groups is 1. The van der Waals surface area contributed by atoms with Gasteiger partial charge in [0.15, 0.2) is 0 Å². The van der Waals surface area contributed by atoms with E-state index in [0.29, 0.717) is 6.54 Å². The van der Waals surface area contributed by atoms with Gasteiger partial charge >= 0.3 is 0 Å². The van der Waals surface area contributed by atoms with Crippen LogP contribution in [-0.2, 0) is 5.41 Å². The fraction of sp³-hybridized carbons (Fsp3) is 0.462. The molecule has 4 heteroatoms. The van der Waals surface area contributed by atoms with Gasteiger partial charge in [0.05, 0.1) is 13.2 Å². The van der Waals surface area contributed by atoms with Crippen molar-refractivity contribution in [1.29, 1.82) is 0 Å². The number of carboxylic acid groups (broad SMARTS) is 1. The van der Waals surface area contributed by atoms with Crippen LogP contribution in [0.25, 0.3) is 0 Å². The van der Waals surface area contributed by atoms with E-state index in [9.17, 15) is 9.90 Å². The van der Waals surface area contributed by atoms with E-state index in [1.807, 2.05) is 38.1 Å². The zero-order valence-corrected chi connectivity index (χ0v) is 10.1. The first-order chi connectivity index (χ1) is 7.94. The highest BCUT2D eigenvalue weighted by Gasteiger charge is 2.49. The Bertz CT molecular complexity index is 456. The van der Waals surface area contributed by atoms with Crippen LogP contribution in [0.15, 0.2) is 24.3 Å². The molecule has 0 saturated carbocycles. The van der Waals surface area contributed by atoms with Gasteiger partial charge in [0.25, 0.3) is 6.09 Å². The van der Waals surface area contributed by atoms with Gasteiger partial charge in [-0.15, -0.1) is 0 Å². The number of fused-ring (bicyclic) bond motifs is 1. The van der Waals surface area contributed by atoms with Crippen LogP contribution in [0.3, 0.4) is 0 Å². The first-order valence-corrected chi connectivity index (χ1v) is 5.74. The molecule has 2 rings (SSSR count). The maximum atomic E-state index is 11.5. The minimum Gasteiger partial charge on any atom is -0.498 e. The predicted molar refractivity (Wildman–Crippen MR) is 63.5 cm³/mol. The summed E-state index contributed by atoms with van der Waals surface area (Å²) in [4.78, 5) is 11.5. The molecule has 92 valence electrons. The first-order valence-electron chi connectivity index (χ1n) is 5.74. The Balaban J connectivity index is 2.62. The maximum absolute atomic E-state index is 11.5. The minimum atomic E-state index is -1.14. The lowest BCUT2D eigenvalue weighted by Crippen LogP contribution is -2.61. The van der Waals surface area contributed by atoms with Crippen LogP contribution in [-0.4, -0.2) is 30.9 Å². The van der Waals surface area contributed by atoms with Gasteiger partial charge in [-0.1, -0.05) is 32.0 Å². The van der Waals surface area contributed by atoms with Crippen molar-refractivity contribution in [2.75, 3.05) is 19.7 Å². The number of carbonyl (C=O) groups is 1. The highest BCUT2D eigenvalue weighted by Crippen LogP contribution is 2.44. The number of carbonyl (C=O) groups excluding carboxylic acids is 1. The van der Waals surface area contributed by atoms with Crippen LogP contribution in [0.2, 0.25) is 0 Å². The Morgan fingerprint density at radius 1 is 1.47 bits per heavy atom. The average Bonchev–Trinajstić information content (AvgIpc) is 2.50. The van der Waals surface area contributed by atoms with Crippen LogP contribution in [0.4, 0.5) is 10.5 Å².